The second kappa shape index (κ2) is 14.6. The largest absolute Gasteiger partial charge is 0.281 e. The SMILES string of the molecule is CC(C)c1ccccc1-c1nc(C(=O)c2nc(-c3ccccc3C(C)C)nc(-c3ccccc3C(C)C)n2)nc(-c2ccccc2C(C)C)n1. The van der Waals surface area contributed by atoms with E-state index in [-0.39, 0.29) is 35.3 Å². The standard InChI is InChI=1S/C43H44N6O/c1-25(2)29-17-9-13-21-33(29)38-44-39(34-22-14-10-18-30(34)26(3)4)47-42(46-38)37(50)43-48-40(35-23-15-11-19-31(35)27(5)6)45-41(49-43)36-24-16-12-20-32(36)28(7)8/h9-28H,1-8H3. The molecule has 0 spiro atoms. The molecule has 0 fully saturated rings. The molecular weight excluding hydrogens is 617 g/mol. The summed E-state index contributed by atoms with van der Waals surface area (Å²) < 4.78 is 0. The predicted octanol–water partition coefficient (Wildman–Crippen LogP) is 10.4. The molecule has 50 heavy (non-hydrogen) atoms. The minimum absolute atomic E-state index is 0.0143. The van der Waals surface area contributed by atoms with Crippen molar-refractivity contribution in [1.29, 1.82) is 0 Å². The topological polar surface area (TPSA) is 94.4 Å². The summed E-state index contributed by atoms with van der Waals surface area (Å²) in [6, 6.07) is 32.3. The van der Waals surface area contributed by atoms with Crippen LogP contribution < -0.4 is 0 Å². The fraction of sp³-hybridized carbons (Fsp3) is 0.279. The van der Waals surface area contributed by atoms with Crippen molar-refractivity contribution in [2.24, 2.45) is 0 Å². The van der Waals surface area contributed by atoms with Crippen LogP contribution in [0.25, 0.3) is 45.6 Å². The molecule has 0 aliphatic rings. The van der Waals surface area contributed by atoms with Crippen molar-refractivity contribution in [3.63, 3.8) is 0 Å². The molecule has 0 bridgehead atoms. The van der Waals surface area contributed by atoms with Crippen LogP contribution in [0.2, 0.25) is 0 Å². The van der Waals surface area contributed by atoms with E-state index in [1.54, 1.807) is 0 Å². The Kier molecular flexibility index (Phi) is 10.0. The first-order valence-corrected chi connectivity index (χ1v) is 17.5. The summed E-state index contributed by atoms with van der Waals surface area (Å²) in [6.07, 6.45) is 0. The molecule has 6 rings (SSSR count). The van der Waals surface area contributed by atoms with Crippen molar-refractivity contribution >= 4 is 5.78 Å². The lowest BCUT2D eigenvalue weighted by molar-refractivity contribution is 0.101. The van der Waals surface area contributed by atoms with Crippen LogP contribution in [0.3, 0.4) is 0 Å². The molecule has 6 aromatic rings. The quantitative estimate of drug-likeness (QED) is 0.135. The van der Waals surface area contributed by atoms with Crippen molar-refractivity contribution in [1.82, 2.24) is 29.9 Å². The third kappa shape index (κ3) is 6.99. The lowest BCUT2D eigenvalue weighted by atomic mass is 9.95. The number of hydrogen-bond acceptors (Lipinski definition) is 7. The summed E-state index contributed by atoms with van der Waals surface area (Å²) >= 11 is 0. The Labute approximate surface area is 295 Å². The minimum Gasteiger partial charge on any atom is -0.281 e. The van der Waals surface area contributed by atoms with Crippen LogP contribution in [-0.4, -0.2) is 35.7 Å². The van der Waals surface area contributed by atoms with Gasteiger partial charge >= 0.3 is 0 Å². The van der Waals surface area contributed by atoms with Gasteiger partial charge in [-0.3, -0.25) is 4.79 Å². The van der Waals surface area contributed by atoms with Gasteiger partial charge in [0.05, 0.1) is 0 Å². The number of hydrogen-bond donors (Lipinski definition) is 0. The van der Waals surface area contributed by atoms with Gasteiger partial charge in [0, 0.05) is 22.3 Å². The highest BCUT2D eigenvalue weighted by molar-refractivity contribution is 6.04. The lowest BCUT2D eigenvalue weighted by Crippen LogP contribution is -2.16. The molecule has 0 N–H and O–H groups in total. The summed E-state index contributed by atoms with van der Waals surface area (Å²) in [4.78, 5) is 44.1. The molecule has 0 amide bonds. The zero-order valence-corrected chi connectivity index (χ0v) is 30.1. The first-order valence-electron chi connectivity index (χ1n) is 17.5. The fourth-order valence-corrected chi connectivity index (χ4v) is 6.35. The summed E-state index contributed by atoms with van der Waals surface area (Å²) in [5.41, 5.74) is 7.76. The Bertz CT molecular complexity index is 1880. The smallest absolute Gasteiger partial charge is 0.267 e. The van der Waals surface area contributed by atoms with Gasteiger partial charge in [-0.2, -0.15) is 0 Å². The number of rotatable bonds is 10. The van der Waals surface area contributed by atoms with Crippen molar-refractivity contribution in [3.8, 4) is 45.6 Å². The fourth-order valence-electron chi connectivity index (χ4n) is 6.35. The molecule has 2 aromatic heterocycles. The van der Waals surface area contributed by atoms with E-state index in [4.69, 9.17) is 29.9 Å². The van der Waals surface area contributed by atoms with Gasteiger partial charge in [0.2, 0.25) is 11.6 Å². The van der Waals surface area contributed by atoms with Gasteiger partial charge in [-0.15, -0.1) is 0 Å². The maximum Gasteiger partial charge on any atom is 0.267 e. The average molecular weight is 661 g/mol. The number of benzene rings is 4. The van der Waals surface area contributed by atoms with E-state index in [9.17, 15) is 4.79 Å². The number of aromatic nitrogens is 6. The number of ketones is 1. The van der Waals surface area contributed by atoms with Crippen molar-refractivity contribution in [3.05, 3.63) is 131 Å². The molecule has 252 valence electrons. The predicted molar refractivity (Wildman–Crippen MR) is 201 cm³/mol. The van der Waals surface area contributed by atoms with Gasteiger partial charge in [0.15, 0.2) is 23.3 Å². The average Bonchev–Trinajstić information content (AvgIpc) is 3.14. The maximum absolute atomic E-state index is 14.8. The van der Waals surface area contributed by atoms with E-state index >= 15 is 0 Å². The van der Waals surface area contributed by atoms with E-state index in [1.807, 2.05) is 72.8 Å². The first-order chi connectivity index (χ1) is 24.0. The normalized spacial score (nSPS) is 11.6. The molecule has 7 heteroatoms. The number of nitrogens with zero attached hydrogens (tertiary/aromatic N) is 6. The molecule has 7 nitrogen and oxygen atoms in total. The van der Waals surface area contributed by atoms with E-state index in [0.29, 0.717) is 23.3 Å². The molecule has 0 aliphatic heterocycles. The maximum atomic E-state index is 14.8. The Hall–Kier alpha value is -5.43. The third-order valence-corrected chi connectivity index (χ3v) is 8.97. The summed E-state index contributed by atoms with van der Waals surface area (Å²) in [6.45, 7) is 17.1. The number of carbonyl (C=O) groups excluding carboxylic acids is 1. The van der Waals surface area contributed by atoms with Crippen molar-refractivity contribution in [2.45, 2.75) is 79.1 Å². The van der Waals surface area contributed by atoms with Crippen LogP contribution in [0.4, 0.5) is 0 Å². The van der Waals surface area contributed by atoms with Crippen molar-refractivity contribution < 1.29 is 4.79 Å². The van der Waals surface area contributed by atoms with E-state index < -0.39 is 5.78 Å². The Balaban J connectivity index is 1.61. The molecule has 2 heterocycles. The van der Waals surface area contributed by atoms with Crippen LogP contribution in [0, 0.1) is 0 Å². The highest BCUT2D eigenvalue weighted by Crippen LogP contribution is 2.33. The minimum atomic E-state index is -0.493. The molecular formula is C43H44N6O. The van der Waals surface area contributed by atoms with E-state index in [2.05, 4.69) is 79.7 Å². The van der Waals surface area contributed by atoms with Crippen LogP contribution >= 0.6 is 0 Å². The van der Waals surface area contributed by atoms with Crippen LogP contribution in [0.1, 0.15) is 118 Å². The lowest BCUT2D eigenvalue weighted by Gasteiger charge is -2.16. The van der Waals surface area contributed by atoms with Gasteiger partial charge < -0.3 is 0 Å². The van der Waals surface area contributed by atoms with Crippen LogP contribution in [-0.2, 0) is 0 Å². The van der Waals surface area contributed by atoms with Gasteiger partial charge in [-0.05, 0) is 45.9 Å². The highest BCUT2D eigenvalue weighted by atomic mass is 16.1. The summed E-state index contributed by atoms with van der Waals surface area (Å²) in [5, 5.41) is 0. The summed E-state index contributed by atoms with van der Waals surface area (Å²) in [5.74, 6) is 2.07. The molecule has 0 saturated heterocycles. The molecule has 4 aromatic carbocycles. The molecule has 0 saturated carbocycles. The van der Waals surface area contributed by atoms with E-state index in [1.165, 1.54) is 0 Å². The molecule has 0 unspecified atom stereocenters. The van der Waals surface area contributed by atoms with Gasteiger partial charge in [-0.25, -0.2) is 29.9 Å². The monoisotopic (exact) mass is 660 g/mol. The Morgan fingerprint density at radius 2 is 0.580 bits per heavy atom. The van der Waals surface area contributed by atoms with Crippen LogP contribution in [0.15, 0.2) is 97.1 Å². The first kappa shape index (κ1) is 34.4. The molecule has 0 atom stereocenters. The van der Waals surface area contributed by atoms with Gasteiger partial charge in [0.1, 0.15) is 0 Å². The zero-order valence-electron chi connectivity index (χ0n) is 30.1. The van der Waals surface area contributed by atoms with Crippen molar-refractivity contribution in [2.75, 3.05) is 0 Å². The molecule has 0 aliphatic carbocycles. The van der Waals surface area contributed by atoms with E-state index in [0.717, 1.165) is 44.5 Å². The zero-order chi connectivity index (χ0) is 35.5. The molecule has 0 radical (unpaired) electrons. The summed E-state index contributed by atoms with van der Waals surface area (Å²) in [7, 11) is 0. The van der Waals surface area contributed by atoms with Gasteiger partial charge in [0.25, 0.3) is 5.78 Å². The van der Waals surface area contributed by atoms with Gasteiger partial charge in [-0.1, -0.05) is 152 Å². The Morgan fingerprint density at radius 1 is 0.360 bits per heavy atom. The number of carbonyl (C=O) groups is 1. The third-order valence-electron chi connectivity index (χ3n) is 8.97. The second-order valence-electron chi connectivity index (χ2n) is 13.9. The second-order valence-corrected chi connectivity index (χ2v) is 13.9. The van der Waals surface area contributed by atoms with Crippen LogP contribution in [0.5, 0.6) is 0 Å². The Morgan fingerprint density at radius 3 is 0.800 bits per heavy atom. The highest BCUT2D eigenvalue weighted by Gasteiger charge is 2.26.